The maximum atomic E-state index is 12.4. The number of ether oxygens (including phenoxy) is 1. The predicted molar refractivity (Wildman–Crippen MR) is 163 cm³/mol. The van der Waals surface area contributed by atoms with E-state index in [2.05, 4.69) is 25.3 Å². The molecular formula is C34H50O2S. The summed E-state index contributed by atoms with van der Waals surface area (Å²) in [5.74, 6) is 0.854. The monoisotopic (exact) mass is 522 g/mol. The number of benzene rings is 2. The van der Waals surface area contributed by atoms with Crippen molar-refractivity contribution in [3.05, 3.63) is 65.7 Å². The summed E-state index contributed by atoms with van der Waals surface area (Å²) in [6.45, 7) is 3.03. The van der Waals surface area contributed by atoms with Gasteiger partial charge in [-0.2, -0.15) is 0 Å². The molecule has 2 rings (SSSR count). The van der Waals surface area contributed by atoms with Crippen LogP contribution in [0.1, 0.15) is 126 Å². The summed E-state index contributed by atoms with van der Waals surface area (Å²) in [5.41, 5.74) is 1.72. The van der Waals surface area contributed by atoms with Crippen LogP contribution in [-0.4, -0.2) is 18.6 Å². The lowest BCUT2D eigenvalue weighted by Crippen LogP contribution is -1.99. The molecule has 0 aliphatic rings. The topological polar surface area (TPSA) is 26.3 Å². The molecule has 3 heteroatoms. The van der Waals surface area contributed by atoms with Crippen LogP contribution in [0.25, 0.3) is 6.08 Å². The molecule has 0 spiro atoms. The van der Waals surface area contributed by atoms with E-state index >= 15 is 0 Å². The molecule has 0 aromatic heterocycles. The van der Waals surface area contributed by atoms with Crippen molar-refractivity contribution < 1.29 is 9.53 Å². The molecular weight excluding hydrogens is 472 g/mol. The quantitative estimate of drug-likeness (QED) is 0.0665. The first-order valence-electron chi connectivity index (χ1n) is 14.8. The molecule has 0 aliphatic heterocycles. The minimum absolute atomic E-state index is 0.0123. The highest BCUT2D eigenvalue weighted by Crippen LogP contribution is 2.18. The van der Waals surface area contributed by atoms with E-state index in [1.54, 1.807) is 17.8 Å². The van der Waals surface area contributed by atoms with Gasteiger partial charge in [0.15, 0.2) is 5.78 Å². The largest absolute Gasteiger partial charge is 0.494 e. The van der Waals surface area contributed by atoms with Crippen molar-refractivity contribution in [2.45, 2.75) is 115 Å². The lowest BCUT2D eigenvalue weighted by Gasteiger charge is -2.07. The summed E-state index contributed by atoms with van der Waals surface area (Å²) in [6.07, 6.45) is 27.6. The van der Waals surface area contributed by atoms with Crippen molar-refractivity contribution in [2.24, 2.45) is 0 Å². The maximum absolute atomic E-state index is 12.4. The average Bonchev–Trinajstić information content (AvgIpc) is 2.94. The van der Waals surface area contributed by atoms with Crippen molar-refractivity contribution in [1.29, 1.82) is 0 Å². The van der Waals surface area contributed by atoms with E-state index in [0.717, 1.165) is 24.3 Å². The first kappa shape index (κ1) is 31.2. The molecule has 0 saturated carbocycles. The third kappa shape index (κ3) is 15.1. The van der Waals surface area contributed by atoms with Crippen LogP contribution in [0.15, 0.2) is 59.5 Å². The van der Waals surface area contributed by atoms with Crippen LogP contribution in [-0.2, 0) is 0 Å². The minimum atomic E-state index is 0.0123. The zero-order valence-corrected chi connectivity index (χ0v) is 24.3. The van der Waals surface area contributed by atoms with Gasteiger partial charge < -0.3 is 4.74 Å². The first-order chi connectivity index (χ1) is 18.2. The van der Waals surface area contributed by atoms with E-state index in [-0.39, 0.29) is 5.78 Å². The Bertz CT molecular complexity index is 854. The molecule has 0 unspecified atom stereocenters. The van der Waals surface area contributed by atoms with Gasteiger partial charge in [0.2, 0.25) is 0 Å². The van der Waals surface area contributed by atoms with E-state index in [4.69, 9.17) is 4.74 Å². The number of thioether (sulfide) groups is 1. The van der Waals surface area contributed by atoms with Gasteiger partial charge in [-0.15, -0.1) is 11.8 Å². The van der Waals surface area contributed by atoms with Gasteiger partial charge in [0.1, 0.15) is 5.75 Å². The molecule has 204 valence electrons. The Morgan fingerprint density at radius 3 is 1.65 bits per heavy atom. The molecule has 0 bridgehead atoms. The molecule has 37 heavy (non-hydrogen) atoms. The van der Waals surface area contributed by atoms with Crippen LogP contribution in [0.2, 0.25) is 0 Å². The van der Waals surface area contributed by atoms with Crippen LogP contribution in [0.4, 0.5) is 0 Å². The third-order valence-electron chi connectivity index (χ3n) is 6.95. The van der Waals surface area contributed by atoms with Gasteiger partial charge in [-0.05, 0) is 60.7 Å². The first-order valence-corrected chi connectivity index (χ1v) is 16.0. The summed E-state index contributed by atoms with van der Waals surface area (Å²) in [4.78, 5) is 13.7. The van der Waals surface area contributed by atoms with Gasteiger partial charge in [-0.25, -0.2) is 0 Å². The number of rotatable bonds is 22. The lowest BCUT2D eigenvalue weighted by atomic mass is 10.0. The Morgan fingerprint density at radius 1 is 0.676 bits per heavy atom. The molecule has 0 heterocycles. The van der Waals surface area contributed by atoms with Crippen LogP contribution in [0, 0.1) is 0 Å². The van der Waals surface area contributed by atoms with Gasteiger partial charge >= 0.3 is 0 Å². The number of allylic oxidation sites excluding steroid dienone is 1. The Labute approximate surface area is 231 Å². The molecule has 0 saturated heterocycles. The van der Waals surface area contributed by atoms with E-state index < -0.39 is 0 Å². The number of carbonyl (C=O) groups is 1. The Kier molecular flexibility index (Phi) is 17.7. The summed E-state index contributed by atoms with van der Waals surface area (Å²) in [6, 6.07) is 15.7. The standard InChI is InChI=1S/C34H50O2S/c1-3-4-5-6-7-8-9-10-11-12-13-14-15-16-17-18-29-36-32-24-22-31(23-25-32)34(35)28-21-30-19-26-33(37-2)27-20-30/h19-28H,3-18,29H2,1-2H3. The van der Waals surface area contributed by atoms with Crippen molar-refractivity contribution in [3.8, 4) is 5.75 Å². The number of carbonyl (C=O) groups excluding carboxylic acids is 1. The molecule has 2 aromatic carbocycles. The second kappa shape index (κ2) is 21.0. The Hall–Kier alpha value is -2.00. The average molecular weight is 523 g/mol. The van der Waals surface area contributed by atoms with Gasteiger partial charge in [0.25, 0.3) is 0 Å². The SMILES string of the molecule is CCCCCCCCCCCCCCCCCCOc1ccc(C(=O)C=Cc2ccc(SC)cc2)cc1. The highest BCUT2D eigenvalue weighted by Gasteiger charge is 2.03. The molecule has 0 aliphatic carbocycles. The van der Waals surface area contributed by atoms with Gasteiger partial charge in [-0.1, -0.05) is 121 Å². The third-order valence-corrected chi connectivity index (χ3v) is 7.69. The fourth-order valence-corrected chi connectivity index (χ4v) is 4.95. The van der Waals surface area contributed by atoms with Crippen LogP contribution >= 0.6 is 11.8 Å². The Balaban J connectivity index is 1.44. The molecule has 0 atom stereocenters. The second-order valence-electron chi connectivity index (χ2n) is 10.1. The highest BCUT2D eigenvalue weighted by atomic mass is 32.2. The molecule has 2 aromatic rings. The van der Waals surface area contributed by atoms with Crippen molar-refractivity contribution >= 4 is 23.6 Å². The predicted octanol–water partition coefficient (Wildman–Crippen LogP) is 10.9. The van der Waals surface area contributed by atoms with E-state index in [1.165, 1.54) is 101 Å². The van der Waals surface area contributed by atoms with Crippen LogP contribution < -0.4 is 4.74 Å². The van der Waals surface area contributed by atoms with Gasteiger partial charge in [0, 0.05) is 10.5 Å². The smallest absolute Gasteiger partial charge is 0.185 e. The summed E-state index contributed by atoms with van der Waals surface area (Å²) < 4.78 is 5.88. The number of unbranched alkanes of at least 4 members (excludes halogenated alkanes) is 15. The second-order valence-corrected chi connectivity index (χ2v) is 11.0. The fraction of sp³-hybridized carbons (Fsp3) is 0.559. The van der Waals surface area contributed by atoms with Crippen molar-refractivity contribution in [2.75, 3.05) is 12.9 Å². The van der Waals surface area contributed by atoms with Crippen LogP contribution in [0.3, 0.4) is 0 Å². The highest BCUT2D eigenvalue weighted by molar-refractivity contribution is 7.98. The lowest BCUT2D eigenvalue weighted by molar-refractivity contribution is 0.104. The number of hydrogen-bond acceptors (Lipinski definition) is 3. The van der Waals surface area contributed by atoms with Gasteiger partial charge in [-0.3, -0.25) is 4.79 Å². The van der Waals surface area contributed by atoms with Gasteiger partial charge in [0.05, 0.1) is 6.61 Å². The summed E-state index contributed by atoms with van der Waals surface area (Å²) in [7, 11) is 0. The van der Waals surface area contributed by atoms with E-state index in [0.29, 0.717) is 5.56 Å². The van der Waals surface area contributed by atoms with E-state index in [1.807, 2.05) is 42.5 Å². The minimum Gasteiger partial charge on any atom is -0.494 e. The summed E-state index contributed by atoms with van der Waals surface area (Å²) in [5, 5.41) is 0. The van der Waals surface area contributed by atoms with Crippen LogP contribution in [0.5, 0.6) is 5.75 Å². The number of ketones is 1. The molecule has 0 N–H and O–H groups in total. The van der Waals surface area contributed by atoms with Crippen molar-refractivity contribution in [3.63, 3.8) is 0 Å². The van der Waals surface area contributed by atoms with Crippen molar-refractivity contribution in [1.82, 2.24) is 0 Å². The molecule has 2 nitrogen and oxygen atoms in total. The zero-order valence-electron chi connectivity index (χ0n) is 23.5. The fourth-order valence-electron chi connectivity index (χ4n) is 4.54. The molecule has 0 amide bonds. The maximum Gasteiger partial charge on any atom is 0.185 e. The zero-order chi connectivity index (χ0) is 26.4. The normalized spacial score (nSPS) is 11.3. The number of hydrogen-bond donors (Lipinski definition) is 0. The molecule has 0 radical (unpaired) electrons. The summed E-state index contributed by atoms with van der Waals surface area (Å²) >= 11 is 1.71. The van der Waals surface area contributed by atoms with E-state index in [9.17, 15) is 4.79 Å². The Morgan fingerprint density at radius 2 is 1.16 bits per heavy atom. The molecule has 0 fully saturated rings.